The van der Waals surface area contributed by atoms with Gasteiger partial charge in [-0.15, -0.1) is 11.8 Å². The van der Waals surface area contributed by atoms with E-state index in [1.54, 1.807) is 18.4 Å². The highest BCUT2D eigenvalue weighted by atomic mass is 32.2. The first-order valence-corrected chi connectivity index (χ1v) is 10.6. The molecule has 1 aromatic heterocycles. The summed E-state index contributed by atoms with van der Waals surface area (Å²) in [4.78, 5) is 28.4. The maximum Gasteiger partial charge on any atom is 0.272 e. The summed E-state index contributed by atoms with van der Waals surface area (Å²) in [6.45, 7) is 4.41. The molecule has 2 heterocycles. The third-order valence-electron chi connectivity index (χ3n) is 4.69. The summed E-state index contributed by atoms with van der Waals surface area (Å²) in [6.07, 6.45) is 1.60. The quantitative estimate of drug-likeness (QED) is 0.492. The van der Waals surface area contributed by atoms with Crippen LogP contribution >= 0.6 is 11.8 Å². The first kappa shape index (κ1) is 20.0. The lowest BCUT2D eigenvalue weighted by Gasteiger charge is -2.15. The van der Waals surface area contributed by atoms with Crippen molar-refractivity contribution in [3.8, 4) is 5.75 Å². The van der Waals surface area contributed by atoms with Crippen molar-refractivity contribution in [1.82, 2.24) is 0 Å². The van der Waals surface area contributed by atoms with Gasteiger partial charge >= 0.3 is 0 Å². The largest absolute Gasteiger partial charge is 0.494 e. The van der Waals surface area contributed by atoms with Gasteiger partial charge in [-0.1, -0.05) is 24.3 Å². The Bertz CT molecular complexity index is 1100. The molecule has 0 bridgehead atoms. The molecule has 0 saturated heterocycles. The minimum Gasteiger partial charge on any atom is -0.494 e. The highest BCUT2D eigenvalue weighted by molar-refractivity contribution is 8.03. The molecule has 6 heteroatoms. The van der Waals surface area contributed by atoms with E-state index < -0.39 is 0 Å². The van der Waals surface area contributed by atoms with Crippen molar-refractivity contribution in [3.05, 3.63) is 88.7 Å². The predicted octanol–water partition coefficient (Wildman–Crippen LogP) is 5.20. The molecule has 1 aliphatic rings. The van der Waals surface area contributed by atoms with Crippen LogP contribution < -0.4 is 9.64 Å². The Morgan fingerprint density at radius 2 is 1.80 bits per heavy atom. The van der Waals surface area contributed by atoms with Gasteiger partial charge in [0, 0.05) is 0 Å². The molecule has 0 fully saturated rings. The number of hydrogen-bond donors (Lipinski definition) is 0. The number of imide groups is 1. The SMILES string of the molecule is CCOc1ccc(C2=C(SCc3ccco3)C(=O)N(c3cccc(C)c3)C2=O)cc1. The molecular formula is C24H21NO4S. The van der Waals surface area contributed by atoms with Gasteiger partial charge in [-0.2, -0.15) is 0 Å². The number of rotatable bonds is 7. The highest BCUT2D eigenvalue weighted by Crippen LogP contribution is 2.40. The zero-order valence-corrected chi connectivity index (χ0v) is 17.6. The Balaban J connectivity index is 1.73. The molecule has 4 rings (SSSR count). The van der Waals surface area contributed by atoms with Gasteiger partial charge < -0.3 is 9.15 Å². The second-order valence-corrected chi connectivity index (χ2v) is 7.80. The Kier molecular flexibility index (Phi) is 5.77. The molecule has 0 unspecified atom stereocenters. The van der Waals surface area contributed by atoms with Crippen LogP contribution in [0.15, 0.2) is 76.2 Å². The summed E-state index contributed by atoms with van der Waals surface area (Å²) in [5.74, 6) is 1.29. The minimum absolute atomic E-state index is 0.314. The van der Waals surface area contributed by atoms with Gasteiger partial charge in [0.2, 0.25) is 0 Å². The van der Waals surface area contributed by atoms with Crippen molar-refractivity contribution in [1.29, 1.82) is 0 Å². The van der Waals surface area contributed by atoms with Gasteiger partial charge in [0.1, 0.15) is 11.5 Å². The third kappa shape index (κ3) is 3.91. The molecule has 0 spiro atoms. The van der Waals surface area contributed by atoms with Crippen LogP contribution in [-0.2, 0) is 15.3 Å². The number of anilines is 1. The average Bonchev–Trinajstić information content (AvgIpc) is 3.33. The fourth-order valence-corrected chi connectivity index (χ4v) is 4.34. The molecule has 0 radical (unpaired) electrons. The zero-order valence-electron chi connectivity index (χ0n) is 16.8. The van der Waals surface area contributed by atoms with Crippen molar-refractivity contribution >= 4 is 34.8 Å². The van der Waals surface area contributed by atoms with E-state index >= 15 is 0 Å². The van der Waals surface area contributed by atoms with Crippen LogP contribution in [0.1, 0.15) is 23.8 Å². The van der Waals surface area contributed by atoms with Crippen LogP contribution in [0.5, 0.6) is 5.75 Å². The van der Waals surface area contributed by atoms with Crippen LogP contribution in [0.25, 0.3) is 5.57 Å². The summed E-state index contributed by atoms with van der Waals surface area (Å²) in [5, 5.41) is 0. The molecule has 0 saturated carbocycles. The summed E-state index contributed by atoms with van der Waals surface area (Å²) in [7, 11) is 0. The topological polar surface area (TPSA) is 59.8 Å². The molecule has 30 heavy (non-hydrogen) atoms. The Morgan fingerprint density at radius 3 is 2.47 bits per heavy atom. The van der Waals surface area contributed by atoms with Crippen LogP contribution in [0.2, 0.25) is 0 Å². The fourth-order valence-electron chi connectivity index (χ4n) is 3.32. The number of nitrogens with zero attached hydrogens (tertiary/aromatic N) is 1. The van der Waals surface area contributed by atoms with Crippen molar-refractivity contribution in [2.24, 2.45) is 0 Å². The summed E-state index contributed by atoms with van der Waals surface area (Å²) in [5.41, 5.74) is 2.64. The van der Waals surface area contributed by atoms with E-state index in [0.29, 0.717) is 34.1 Å². The van der Waals surface area contributed by atoms with E-state index in [1.165, 1.54) is 16.7 Å². The molecular weight excluding hydrogens is 398 g/mol. The van der Waals surface area contributed by atoms with Crippen molar-refractivity contribution in [3.63, 3.8) is 0 Å². The average molecular weight is 420 g/mol. The number of benzene rings is 2. The minimum atomic E-state index is -0.322. The van der Waals surface area contributed by atoms with E-state index in [2.05, 4.69) is 0 Å². The van der Waals surface area contributed by atoms with Gasteiger partial charge in [0.25, 0.3) is 11.8 Å². The normalized spacial score (nSPS) is 14.0. The molecule has 1 aliphatic heterocycles. The van der Waals surface area contributed by atoms with E-state index in [4.69, 9.17) is 9.15 Å². The monoisotopic (exact) mass is 419 g/mol. The molecule has 5 nitrogen and oxygen atoms in total. The van der Waals surface area contributed by atoms with Gasteiger partial charge in [-0.3, -0.25) is 9.59 Å². The summed E-state index contributed by atoms with van der Waals surface area (Å²) < 4.78 is 10.9. The Morgan fingerprint density at radius 1 is 1.00 bits per heavy atom. The van der Waals surface area contributed by atoms with Crippen LogP contribution in [0.3, 0.4) is 0 Å². The van der Waals surface area contributed by atoms with Crippen molar-refractivity contribution in [2.75, 3.05) is 11.5 Å². The molecule has 0 N–H and O–H groups in total. The first-order valence-electron chi connectivity index (χ1n) is 9.66. The predicted molar refractivity (Wildman–Crippen MR) is 118 cm³/mol. The number of amides is 2. The van der Waals surface area contributed by atoms with Gasteiger partial charge in [-0.05, 0) is 61.4 Å². The number of furan rings is 1. The van der Waals surface area contributed by atoms with Crippen LogP contribution in [0, 0.1) is 6.92 Å². The lowest BCUT2D eigenvalue weighted by atomic mass is 10.1. The van der Waals surface area contributed by atoms with E-state index in [0.717, 1.165) is 17.1 Å². The lowest BCUT2D eigenvalue weighted by Crippen LogP contribution is -2.31. The van der Waals surface area contributed by atoms with E-state index in [1.807, 2.05) is 62.4 Å². The standard InChI is InChI=1S/C24H21NO4S/c1-3-28-19-11-9-17(10-12-19)21-22(30-15-20-8-5-13-29-20)24(27)25(23(21)26)18-7-4-6-16(2)14-18/h4-14H,3,15H2,1-2H3. The smallest absolute Gasteiger partial charge is 0.272 e. The second kappa shape index (κ2) is 8.63. The lowest BCUT2D eigenvalue weighted by molar-refractivity contribution is -0.119. The number of hydrogen-bond acceptors (Lipinski definition) is 5. The second-order valence-electron chi connectivity index (χ2n) is 6.81. The van der Waals surface area contributed by atoms with Crippen molar-refractivity contribution < 1.29 is 18.7 Å². The number of thioether (sulfide) groups is 1. The van der Waals surface area contributed by atoms with Gasteiger partial charge in [0.05, 0.1) is 34.8 Å². The van der Waals surface area contributed by atoms with Gasteiger partial charge in [0.15, 0.2) is 0 Å². The maximum absolute atomic E-state index is 13.4. The number of aryl methyl sites for hydroxylation is 1. The highest BCUT2D eigenvalue weighted by Gasteiger charge is 2.40. The molecule has 152 valence electrons. The molecule has 0 aliphatic carbocycles. The molecule has 0 atom stereocenters. The zero-order chi connectivity index (χ0) is 21.1. The maximum atomic E-state index is 13.4. The van der Waals surface area contributed by atoms with Crippen molar-refractivity contribution in [2.45, 2.75) is 19.6 Å². The fraction of sp³-hybridized carbons (Fsp3) is 0.167. The molecule has 2 amide bonds. The summed E-state index contributed by atoms with van der Waals surface area (Å²) >= 11 is 1.32. The summed E-state index contributed by atoms with van der Waals surface area (Å²) in [6, 6.07) is 18.3. The number of carbonyl (C=O) groups is 2. The number of carbonyl (C=O) groups excluding carboxylic acids is 2. The molecule has 2 aromatic carbocycles. The third-order valence-corrected chi connectivity index (χ3v) is 5.79. The number of ether oxygens (including phenoxy) is 1. The molecule has 3 aromatic rings. The van der Waals surface area contributed by atoms with Gasteiger partial charge in [-0.25, -0.2) is 4.90 Å². The van der Waals surface area contributed by atoms with E-state index in [-0.39, 0.29) is 11.8 Å². The Hall–Kier alpha value is -3.25. The van der Waals surface area contributed by atoms with E-state index in [9.17, 15) is 9.59 Å². The first-order chi connectivity index (χ1) is 14.6. The van der Waals surface area contributed by atoms with Crippen LogP contribution in [0.4, 0.5) is 5.69 Å². The Labute approximate surface area is 179 Å². The van der Waals surface area contributed by atoms with Crippen LogP contribution in [-0.4, -0.2) is 18.4 Å².